The molecule has 1 aliphatic rings. The molecule has 0 spiro atoms. The molecule has 6 nitrogen and oxygen atoms in total. The van der Waals surface area contributed by atoms with Crippen LogP contribution < -0.4 is 10.5 Å². The molecule has 1 fully saturated rings. The first-order valence-electron chi connectivity index (χ1n) is 6.16. The SMILES string of the molecule is Nc1ccc(Br)c(S(=O)(=O)NC2(CO)CCOCC2)c1. The molecule has 1 aliphatic heterocycles. The largest absolute Gasteiger partial charge is 0.399 e. The van der Waals surface area contributed by atoms with Gasteiger partial charge in [0.05, 0.1) is 17.0 Å². The van der Waals surface area contributed by atoms with Gasteiger partial charge in [-0.3, -0.25) is 0 Å². The number of benzene rings is 1. The van der Waals surface area contributed by atoms with E-state index in [2.05, 4.69) is 20.7 Å². The predicted molar refractivity (Wildman–Crippen MR) is 78.7 cm³/mol. The van der Waals surface area contributed by atoms with Crippen LogP contribution in [0.25, 0.3) is 0 Å². The fourth-order valence-electron chi connectivity index (χ4n) is 2.12. The number of nitrogens with one attached hydrogen (secondary N) is 1. The topological polar surface area (TPSA) is 102 Å². The lowest BCUT2D eigenvalue weighted by molar-refractivity contribution is 0.0223. The van der Waals surface area contributed by atoms with Crippen molar-refractivity contribution < 1.29 is 18.3 Å². The predicted octanol–water partition coefficient (Wildman–Crippen LogP) is 0.851. The Hall–Kier alpha value is -0.670. The van der Waals surface area contributed by atoms with E-state index in [1.54, 1.807) is 12.1 Å². The number of ether oxygens (including phenoxy) is 1. The van der Waals surface area contributed by atoms with E-state index in [1.165, 1.54) is 6.07 Å². The average Bonchev–Trinajstić information content (AvgIpc) is 2.42. The lowest BCUT2D eigenvalue weighted by Gasteiger charge is -2.35. The summed E-state index contributed by atoms with van der Waals surface area (Å²) in [5, 5.41) is 9.56. The van der Waals surface area contributed by atoms with Crippen LogP contribution in [0, 0.1) is 0 Å². The van der Waals surface area contributed by atoms with Crippen molar-refractivity contribution in [1.29, 1.82) is 0 Å². The third-order valence-corrected chi connectivity index (χ3v) is 5.92. The van der Waals surface area contributed by atoms with Crippen molar-refractivity contribution >= 4 is 31.6 Å². The van der Waals surface area contributed by atoms with Crippen molar-refractivity contribution in [2.75, 3.05) is 25.6 Å². The summed E-state index contributed by atoms with van der Waals surface area (Å²) in [7, 11) is -3.78. The number of hydrogen-bond acceptors (Lipinski definition) is 5. The van der Waals surface area contributed by atoms with E-state index in [0.29, 0.717) is 36.2 Å². The van der Waals surface area contributed by atoms with Crippen LogP contribution >= 0.6 is 15.9 Å². The molecule has 0 amide bonds. The Morgan fingerprint density at radius 2 is 2.05 bits per heavy atom. The van der Waals surface area contributed by atoms with E-state index in [4.69, 9.17) is 10.5 Å². The molecule has 2 rings (SSSR count). The van der Waals surface area contributed by atoms with Crippen molar-refractivity contribution in [3.63, 3.8) is 0 Å². The molecule has 0 aliphatic carbocycles. The first-order valence-corrected chi connectivity index (χ1v) is 8.44. The average molecular weight is 365 g/mol. The molecule has 8 heteroatoms. The summed E-state index contributed by atoms with van der Waals surface area (Å²) in [6.45, 7) is 0.567. The first-order chi connectivity index (χ1) is 9.38. The fourth-order valence-corrected chi connectivity index (χ4v) is 4.57. The maximum atomic E-state index is 12.5. The summed E-state index contributed by atoms with van der Waals surface area (Å²) >= 11 is 3.21. The van der Waals surface area contributed by atoms with Gasteiger partial charge < -0.3 is 15.6 Å². The van der Waals surface area contributed by atoms with E-state index in [9.17, 15) is 13.5 Å². The van der Waals surface area contributed by atoms with Gasteiger partial charge in [0, 0.05) is 23.4 Å². The Morgan fingerprint density at radius 1 is 1.40 bits per heavy atom. The molecule has 0 saturated carbocycles. The maximum absolute atomic E-state index is 12.5. The first kappa shape index (κ1) is 15.7. The standard InChI is InChI=1S/C12H17BrN2O4S/c13-10-2-1-9(14)7-11(10)20(17,18)15-12(8-16)3-5-19-6-4-12/h1-2,7,15-16H,3-6,8,14H2. The summed E-state index contributed by atoms with van der Waals surface area (Å²) in [6.07, 6.45) is 0.866. The quantitative estimate of drug-likeness (QED) is 0.687. The Bertz CT molecular complexity index is 585. The molecule has 112 valence electrons. The van der Waals surface area contributed by atoms with Crippen LogP contribution in [0.5, 0.6) is 0 Å². The number of nitrogens with two attached hydrogens (primary N) is 1. The van der Waals surface area contributed by atoms with Crippen LogP contribution in [-0.2, 0) is 14.8 Å². The minimum atomic E-state index is -3.78. The third-order valence-electron chi connectivity index (χ3n) is 3.35. The van der Waals surface area contributed by atoms with Gasteiger partial charge in [0.2, 0.25) is 10.0 Å². The van der Waals surface area contributed by atoms with Crippen molar-refractivity contribution in [2.45, 2.75) is 23.3 Å². The number of rotatable bonds is 4. The molecule has 0 atom stereocenters. The lowest BCUT2D eigenvalue weighted by Crippen LogP contribution is -2.54. The highest BCUT2D eigenvalue weighted by atomic mass is 79.9. The third kappa shape index (κ3) is 3.32. The Balaban J connectivity index is 2.32. The molecule has 0 radical (unpaired) electrons. The Morgan fingerprint density at radius 3 is 2.65 bits per heavy atom. The molecular formula is C12H17BrN2O4S. The zero-order chi connectivity index (χ0) is 14.8. The van der Waals surface area contributed by atoms with Crippen LogP contribution in [0.3, 0.4) is 0 Å². The number of hydrogen-bond donors (Lipinski definition) is 3. The molecule has 0 unspecified atom stereocenters. The number of halogens is 1. The summed E-state index contributed by atoms with van der Waals surface area (Å²) in [5.74, 6) is 0. The molecule has 1 saturated heterocycles. The van der Waals surface area contributed by atoms with Gasteiger partial charge in [-0.1, -0.05) is 0 Å². The van der Waals surface area contributed by atoms with Gasteiger partial charge >= 0.3 is 0 Å². The Labute approximate surface area is 126 Å². The van der Waals surface area contributed by atoms with Gasteiger partial charge in [0.1, 0.15) is 0 Å². The van der Waals surface area contributed by atoms with Gasteiger partial charge in [-0.15, -0.1) is 0 Å². The lowest BCUT2D eigenvalue weighted by atomic mass is 9.93. The Kier molecular flexibility index (Phi) is 4.70. The van der Waals surface area contributed by atoms with Gasteiger partial charge in [-0.05, 0) is 47.0 Å². The molecule has 1 aromatic carbocycles. The zero-order valence-electron chi connectivity index (χ0n) is 10.8. The van der Waals surface area contributed by atoms with Crippen molar-refractivity contribution in [2.24, 2.45) is 0 Å². The summed E-state index contributed by atoms with van der Waals surface area (Å²) < 4.78 is 33.2. The van der Waals surface area contributed by atoms with Crippen LogP contribution in [0.1, 0.15) is 12.8 Å². The van der Waals surface area contributed by atoms with Gasteiger partial charge in [-0.2, -0.15) is 0 Å². The van der Waals surface area contributed by atoms with E-state index in [1.807, 2.05) is 0 Å². The maximum Gasteiger partial charge on any atom is 0.242 e. The molecule has 4 N–H and O–H groups in total. The highest BCUT2D eigenvalue weighted by Crippen LogP contribution is 2.28. The highest BCUT2D eigenvalue weighted by molar-refractivity contribution is 9.10. The number of sulfonamides is 1. The summed E-state index contributed by atoms with van der Waals surface area (Å²) in [4.78, 5) is 0.0665. The van der Waals surface area contributed by atoms with Crippen LogP contribution in [-0.4, -0.2) is 38.9 Å². The van der Waals surface area contributed by atoms with Crippen LogP contribution in [0.2, 0.25) is 0 Å². The second kappa shape index (κ2) is 5.98. The molecule has 20 heavy (non-hydrogen) atoms. The van der Waals surface area contributed by atoms with Crippen LogP contribution in [0.4, 0.5) is 5.69 Å². The van der Waals surface area contributed by atoms with E-state index >= 15 is 0 Å². The molecule has 1 aromatic rings. The van der Waals surface area contributed by atoms with Crippen molar-refractivity contribution in [1.82, 2.24) is 4.72 Å². The van der Waals surface area contributed by atoms with E-state index < -0.39 is 15.6 Å². The molecule has 0 bridgehead atoms. The fraction of sp³-hybridized carbons (Fsp3) is 0.500. The monoisotopic (exact) mass is 364 g/mol. The van der Waals surface area contributed by atoms with E-state index in [0.717, 1.165) is 0 Å². The summed E-state index contributed by atoms with van der Waals surface area (Å²) in [6, 6.07) is 4.58. The molecule has 1 heterocycles. The number of nitrogen functional groups attached to an aromatic ring is 1. The van der Waals surface area contributed by atoms with Gasteiger partial charge in [0.15, 0.2) is 0 Å². The number of aliphatic hydroxyl groups is 1. The number of anilines is 1. The number of aliphatic hydroxyl groups excluding tert-OH is 1. The second-order valence-corrected chi connectivity index (χ2v) is 7.35. The highest BCUT2D eigenvalue weighted by Gasteiger charge is 2.37. The minimum absolute atomic E-state index is 0.0665. The van der Waals surface area contributed by atoms with Gasteiger partial charge in [-0.25, -0.2) is 13.1 Å². The van der Waals surface area contributed by atoms with Crippen molar-refractivity contribution in [3.8, 4) is 0 Å². The van der Waals surface area contributed by atoms with Gasteiger partial charge in [0.25, 0.3) is 0 Å². The van der Waals surface area contributed by atoms with Crippen LogP contribution in [0.15, 0.2) is 27.6 Å². The van der Waals surface area contributed by atoms with E-state index in [-0.39, 0.29) is 11.5 Å². The summed E-state index contributed by atoms with van der Waals surface area (Å²) in [5.41, 5.74) is 5.13. The second-order valence-electron chi connectivity index (χ2n) is 4.85. The molecule has 0 aromatic heterocycles. The normalized spacial score (nSPS) is 18.9. The minimum Gasteiger partial charge on any atom is -0.399 e. The molecular weight excluding hydrogens is 348 g/mol. The van der Waals surface area contributed by atoms with Crippen molar-refractivity contribution in [3.05, 3.63) is 22.7 Å². The smallest absolute Gasteiger partial charge is 0.242 e. The zero-order valence-corrected chi connectivity index (χ0v) is 13.2.